The summed E-state index contributed by atoms with van der Waals surface area (Å²) in [6.07, 6.45) is 3.32. The third-order valence-electron chi connectivity index (χ3n) is 1.99. The molecule has 2 rings (SSSR count). The van der Waals surface area contributed by atoms with Gasteiger partial charge in [-0.15, -0.1) is 0 Å². The van der Waals surface area contributed by atoms with Crippen LogP contribution in [0, 0.1) is 0 Å². The van der Waals surface area contributed by atoms with Crippen LogP contribution in [0.5, 0.6) is 0 Å². The van der Waals surface area contributed by atoms with Gasteiger partial charge >= 0.3 is 0 Å². The van der Waals surface area contributed by atoms with Crippen molar-refractivity contribution in [2.75, 3.05) is 0 Å². The molecule has 0 saturated heterocycles. The van der Waals surface area contributed by atoms with Crippen LogP contribution in [0.15, 0.2) is 30.6 Å². The molecule has 2 nitrogen and oxygen atoms in total. The van der Waals surface area contributed by atoms with Crippen molar-refractivity contribution in [3.05, 3.63) is 46.2 Å². The first-order chi connectivity index (χ1) is 7.22. The van der Waals surface area contributed by atoms with Crippen LogP contribution >= 0.6 is 39.1 Å². The van der Waals surface area contributed by atoms with Crippen LogP contribution in [-0.2, 0) is 5.33 Å². The van der Waals surface area contributed by atoms with Crippen molar-refractivity contribution in [2.24, 2.45) is 0 Å². The summed E-state index contributed by atoms with van der Waals surface area (Å²) in [6, 6.07) is 5.73. The van der Waals surface area contributed by atoms with Gasteiger partial charge in [-0.05, 0) is 11.6 Å². The predicted octanol–water partition coefficient (Wildman–Crippen LogP) is 4.07. The highest BCUT2D eigenvalue weighted by atomic mass is 79.9. The van der Waals surface area contributed by atoms with Gasteiger partial charge in [-0.25, -0.2) is 4.68 Å². The Labute approximate surface area is 106 Å². The van der Waals surface area contributed by atoms with E-state index >= 15 is 0 Å². The third kappa shape index (κ3) is 2.19. The second kappa shape index (κ2) is 4.56. The molecule has 1 heterocycles. The standard InChI is InChI=1S/C10H7BrCl2N2/c11-4-7-2-1-3-9(13)10(7)15-6-8(12)5-14-15/h1-3,5-6H,4H2. The van der Waals surface area contributed by atoms with E-state index in [1.54, 1.807) is 17.1 Å². The van der Waals surface area contributed by atoms with E-state index in [1.807, 2.05) is 18.2 Å². The van der Waals surface area contributed by atoms with Crippen LogP contribution in [0.2, 0.25) is 10.0 Å². The first-order valence-electron chi connectivity index (χ1n) is 4.26. The molecule has 0 atom stereocenters. The Morgan fingerprint density at radius 3 is 2.73 bits per heavy atom. The monoisotopic (exact) mass is 304 g/mol. The molecule has 0 aliphatic heterocycles. The van der Waals surface area contributed by atoms with Crippen LogP contribution in [0.1, 0.15) is 5.56 Å². The molecule has 1 aromatic heterocycles. The van der Waals surface area contributed by atoms with Crippen LogP contribution in [0.25, 0.3) is 5.69 Å². The molecular formula is C10H7BrCl2N2. The summed E-state index contributed by atoms with van der Waals surface area (Å²) in [5.41, 5.74) is 1.94. The van der Waals surface area contributed by atoms with Crippen molar-refractivity contribution < 1.29 is 0 Å². The number of aromatic nitrogens is 2. The highest BCUT2D eigenvalue weighted by Gasteiger charge is 2.09. The molecule has 2 aromatic rings. The molecule has 0 radical (unpaired) electrons. The van der Waals surface area contributed by atoms with Crippen molar-refractivity contribution in [3.63, 3.8) is 0 Å². The van der Waals surface area contributed by atoms with Gasteiger partial charge < -0.3 is 0 Å². The van der Waals surface area contributed by atoms with Crippen molar-refractivity contribution in [1.82, 2.24) is 9.78 Å². The molecule has 0 amide bonds. The molecular weight excluding hydrogens is 299 g/mol. The van der Waals surface area contributed by atoms with Crippen LogP contribution in [0.3, 0.4) is 0 Å². The van der Waals surface area contributed by atoms with Gasteiger partial charge in [-0.3, -0.25) is 0 Å². The molecule has 0 fully saturated rings. The van der Waals surface area contributed by atoms with E-state index in [-0.39, 0.29) is 0 Å². The van der Waals surface area contributed by atoms with E-state index in [4.69, 9.17) is 23.2 Å². The molecule has 0 N–H and O–H groups in total. The smallest absolute Gasteiger partial charge is 0.0872 e. The second-order valence-corrected chi connectivity index (χ2v) is 4.39. The molecule has 5 heteroatoms. The molecule has 78 valence electrons. The van der Waals surface area contributed by atoms with Gasteiger partial charge in [0.2, 0.25) is 0 Å². The van der Waals surface area contributed by atoms with Gasteiger partial charge in [0.1, 0.15) is 0 Å². The zero-order valence-corrected chi connectivity index (χ0v) is 10.7. The number of halogens is 3. The molecule has 0 saturated carbocycles. The number of alkyl halides is 1. The van der Waals surface area contributed by atoms with Crippen molar-refractivity contribution in [3.8, 4) is 5.69 Å². The van der Waals surface area contributed by atoms with Gasteiger partial charge in [0.15, 0.2) is 0 Å². The quantitative estimate of drug-likeness (QED) is 0.765. The predicted molar refractivity (Wildman–Crippen MR) is 66.2 cm³/mol. The largest absolute Gasteiger partial charge is 0.238 e. The van der Waals surface area contributed by atoms with Gasteiger partial charge in [0.05, 0.1) is 21.9 Å². The Morgan fingerprint density at radius 1 is 1.33 bits per heavy atom. The average molecular weight is 306 g/mol. The van der Waals surface area contributed by atoms with E-state index in [0.29, 0.717) is 10.0 Å². The van der Waals surface area contributed by atoms with Gasteiger partial charge in [-0.1, -0.05) is 51.3 Å². The number of rotatable bonds is 2. The lowest BCUT2D eigenvalue weighted by Gasteiger charge is -2.08. The third-order valence-corrected chi connectivity index (χ3v) is 3.10. The summed E-state index contributed by atoms with van der Waals surface area (Å²) in [4.78, 5) is 0. The Morgan fingerprint density at radius 2 is 2.13 bits per heavy atom. The Hall–Kier alpha value is -0.510. The van der Waals surface area contributed by atoms with Crippen molar-refractivity contribution in [2.45, 2.75) is 5.33 Å². The van der Waals surface area contributed by atoms with E-state index in [0.717, 1.165) is 16.6 Å². The highest BCUT2D eigenvalue weighted by molar-refractivity contribution is 9.08. The number of hydrogen-bond donors (Lipinski definition) is 0. The summed E-state index contributed by atoms with van der Waals surface area (Å²) in [5.74, 6) is 0. The summed E-state index contributed by atoms with van der Waals surface area (Å²) in [7, 11) is 0. The lowest BCUT2D eigenvalue weighted by Crippen LogP contribution is -1.99. The lowest BCUT2D eigenvalue weighted by molar-refractivity contribution is 0.872. The fourth-order valence-electron chi connectivity index (χ4n) is 1.35. The second-order valence-electron chi connectivity index (χ2n) is 2.98. The first kappa shape index (κ1) is 11.0. The summed E-state index contributed by atoms with van der Waals surface area (Å²) in [6.45, 7) is 0. The molecule has 0 bridgehead atoms. The highest BCUT2D eigenvalue weighted by Crippen LogP contribution is 2.26. The van der Waals surface area contributed by atoms with E-state index in [1.165, 1.54) is 0 Å². The average Bonchev–Trinajstić information content (AvgIpc) is 2.64. The first-order valence-corrected chi connectivity index (χ1v) is 6.14. The van der Waals surface area contributed by atoms with E-state index in [9.17, 15) is 0 Å². The Bertz CT molecular complexity index is 482. The molecule has 0 aliphatic carbocycles. The Kier molecular flexibility index (Phi) is 3.34. The van der Waals surface area contributed by atoms with Crippen molar-refractivity contribution in [1.29, 1.82) is 0 Å². The summed E-state index contributed by atoms with van der Waals surface area (Å²) in [5, 5.41) is 6.11. The molecule has 1 aromatic carbocycles. The molecule has 15 heavy (non-hydrogen) atoms. The van der Waals surface area contributed by atoms with Gasteiger partial charge in [-0.2, -0.15) is 5.10 Å². The lowest BCUT2D eigenvalue weighted by atomic mass is 10.2. The van der Waals surface area contributed by atoms with Gasteiger partial charge in [0.25, 0.3) is 0 Å². The number of nitrogens with zero attached hydrogens (tertiary/aromatic N) is 2. The minimum Gasteiger partial charge on any atom is -0.238 e. The zero-order valence-electron chi connectivity index (χ0n) is 7.62. The van der Waals surface area contributed by atoms with Crippen LogP contribution in [-0.4, -0.2) is 9.78 Å². The summed E-state index contributed by atoms with van der Waals surface area (Å²) < 4.78 is 1.68. The topological polar surface area (TPSA) is 17.8 Å². The SMILES string of the molecule is Clc1cnn(-c2c(Cl)cccc2CBr)c1. The van der Waals surface area contributed by atoms with E-state index < -0.39 is 0 Å². The molecule has 0 unspecified atom stereocenters. The van der Waals surface area contributed by atoms with E-state index in [2.05, 4.69) is 21.0 Å². The fraction of sp³-hybridized carbons (Fsp3) is 0.100. The zero-order chi connectivity index (χ0) is 10.8. The van der Waals surface area contributed by atoms with Gasteiger partial charge in [0, 0.05) is 11.5 Å². The molecule has 0 aliphatic rings. The molecule has 0 spiro atoms. The normalized spacial score (nSPS) is 10.6. The van der Waals surface area contributed by atoms with Crippen LogP contribution in [0.4, 0.5) is 0 Å². The maximum absolute atomic E-state index is 6.13. The fourth-order valence-corrected chi connectivity index (χ4v) is 2.22. The minimum absolute atomic E-state index is 0.593. The van der Waals surface area contributed by atoms with Crippen LogP contribution < -0.4 is 0 Å². The maximum atomic E-state index is 6.13. The van der Waals surface area contributed by atoms with Crippen molar-refractivity contribution >= 4 is 39.1 Å². The Balaban J connectivity index is 2.60. The number of para-hydroxylation sites is 1. The number of hydrogen-bond acceptors (Lipinski definition) is 1. The minimum atomic E-state index is 0.593. The number of benzene rings is 1. The maximum Gasteiger partial charge on any atom is 0.0872 e. The summed E-state index contributed by atoms with van der Waals surface area (Å²) >= 11 is 15.4.